The first-order valence-corrected chi connectivity index (χ1v) is 11.3. The van der Waals surface area contributed by atoms with Gasteiger partial charge in [0.15, 0.2) is 10.9 Å². The second kappa shape index (κ2) is 9.08. The summed E-state index contributed by atoms with van der Waals surface area (Å²) in [4.78, 5) is 9.07. The summed E-state index contributed by atoms with van der Waals surface area (Å²) in [6.07, 6.45) is 5.98. The molecule has 31 heavy (non-hydrogen) atoms. The standard InChI is InChI=1S/C24H22FN3O2S/c25-19-10-8-18(9-11-19)22-14-26-23(30-22)16-31-24-27-13-21(17-5-2-1-3-6-17)28(24)15-20-7-4-12-29-20/h1-3,5-6,8-11,13-14,20H,4,7,12,15-16H2. The van der Waals surface area contributed by atoms with Gasteiger partial charge in [0.05, 0.1) is 36.5 Å². The van der Waals surface area contributed by atoms with Gasteiger partial charge in [-0.2, -0.15) is 0 Å². The van der Waals surface area contributed by atoms with Crippen LogP contribution in [0.1, 0.15) is 18.7 Å². The molecule has 2 aromatic carbocycles. The summed E-state index contributed by atoms with van der Waals surface area (Å²) in [5.41, 5.74) is 3.02. The van der Waals surface area contributed by atoms with Gasteiger partial charge in [-0.1, -0.05) is 42.1 Å². The minimum atomic E-state index is -0.272. The fourth-order valence-corrected chi connectivity index (χ4v) is 4.57. The Kier molecular flexibility index (Phi) is 5.86. The highest BCUT2D eigenvalue weighted by atomic mass is 32.2. The molecule has 5 nitrogen and oxygen atoms in total. The van der Waals surface area contributed by atoms with Crippen LogP contribution in [0.3, 0.4) is 0 Å². The minimum absolute atomic E-state index is 0.211. The molecule has 1 saturated heterocycles. The molecule has 0 N–H and O–H groups in total. The van der Waals surface area contributed by atoms with Crippen LogP contribution in [0.5, 0.6) is 0 Å². The molecule has 7 heteroatoms. The number of hydrogen-bond acceptors (Lipinski definition) is 5. The number of rotatable bonds is 7. The highest BCUT2D eigenvalue weighted by molar-refractivity contribution is 7.98. The van der Waals surface area contributed by atoms with Crippen molar-refractivity contribution in [1.82, 2.24) is 14.5 Å². The SMILES string of the molecule is Fc1ccc(-c2cnc(CSc3ncc(-c4ccccc4)n3CC3CCCO3)o2)cc1. The average Bonchev–Trinajstić information content (AvgIpc) is 3.56. The number of nitrogens with zero attached hydrogens (tertiary/aromatic N) is 3. The molecule has 1 aliphatic heterocycles. The Balaban J connectivity index is 1.35. The Morgan fingerprint density at radius 2 is 1.84 bits per heavy atom. The van der Waals surface area contributed by atoms with Crippen molar-refractivity contribution < 1.29 is 13.5 Å². The molecular formula is C24H22FN3O2S. The Labute approximate surface area is 184 Å². The van der Waals surface area contributed by atoms with Crippen molar-refractivity contribution in [1.29, 1.82) is 0 Å². The summed E-state index contributed by atoms with van der Waals surface area (Å²) in [5, 5.41) is 0.913. The molecule has 158 valence electrons. The highest BCUT2D eigenvalue weighted by Crippen LogP contribution is 2.30. The van der Waals surface area contributed by atoms with Crippen LogP contribution in [-0.2, 0) is 17.0 Å². The molecule has 0 aliphatic carbocycles. The van der Waals surface area contributed by atoms with E-state index in [1.54, 1.807) is 30.1 Å². The molecule has 5 rings (SSSR count). The van der Waals surface area contributed by atoms with Crippen LogP contribution in [0.4, 0.5) is 4.39 Å². The van der Waals surface area contributed by atoms with Crippen LogP contribution in [0.25, 0.3) is 22.6 Å². The lowest BCUT2D eigenvalue weighted by Crippen LogP contribution is -2.16. The first kappa shape index (κ1) is 20.0. The van der Waals surface area contributed by atoms with Crippen LogP contribution in [0.15, 0.2) is 76.6 Å². The summed E-state index contributed by atoms with van der Waals surface area (Å²) in [6, 6.07) is 16.5. The zero-order chi connectivity index (χ0) is 21.0. The Morgan fingerprint density at radius 1 is 1.00 bits per heavy atom. The van der Waals surface area contributed by atoms with E-state index in [4.69, 9.17) is 9.15 Å². The normalized spacial score (nSPS) is 16.1. The second-order valence-corrected chi connectivity index (χ2v) is 8.39. The van der Waals surface area contributed by atoms with Gasteiger partial charge in [0.25, 0.3) is 0 Å². The number of ether oxygens (including phenoxy) is 1. The number of hydrogen-bond donors (Lipinski definition) is 0. The van der Waals surface area contributed by atoms with E-state index in [-0.39, 0.29) is 11.9 Å². The Morgan fingerprint density at radius 3 is 2.61 bits per heavy atom. The second-order valence-electron chi connectivity index (χ2n) is 7.45. The molecule has 1 fully saturated rings. The van der Waals surface area contributed by atoms with E-state index in [1.165, 1.54) is 12.1 Å². The van der Waals surface area contributed by atoms with Crippen LogP contribution in [-0.4, -0.2) is 27.2 Å². The number of halogens is 1. The Bertz CT molecular complexity index is 1140. The molecule has 0 spiro atoms. The van der Waals surface area contributed by atoms with Crippen molar-refractivity contribution in [2.24, 2.45) is 0 Å². The fraction of sp³-hybridized carbons (Fsp3) is 0.250. The molecule has 1 atom stereocenters. The van der Waals surface area contributed by atoms with Gasteiger partial charge in [0.1, 0.15) is 5.82 Å². The van der Waals surface area contributed by atoms with Crippen LogP contribution < -0.4 is 0 Å². The van der Waals surface area contributed by atoms with E-state index in [9.17, 15) is 4.39 Å². The quantitative estimate of drug-likeness (QED) is 0.343. The van der Waals surface area contributed by atoms with Crippen LogP contribution >= 0.6 is 11.8 Å². The molecule has 0 radical (unpaired) electrons. The summed E-state index contributed by atoms with van der Waals surface area (Å²) in [7, 11) is 0. The summed E-state index contributed by atoms with van der Waals surface area (Å²) >= 11 is 1.59. The largest absolute Gasteiger partial charge is 0.440 e. The zero-order valence-electron chi connectivity index (χ0n) is 16.9. The van der Waals surface area contributed by atoms with Crippen LogP contribution in [0.2, 0.25) is 0 Å². The van der Waals surface area contributed by atoms with Gasteiger partial charge in [-0.3, -0.25) is 0 Å². The van der Waals surface area contributed by atoms with Crippen LogP contribution in [0, 0.1) is 5.82 Å². The fourth-order valence-electron chi connectivity index (χ4n) is 3.73. The lowest BCUT2D eigenvalue weighted by molar-refractivity contribution is 0.0954. The third kappa shape index (κ3) is 4.57. The van der Waals surface area contributed by atoms with E-state index in [0.717, 1.165) is 48.0 Å². The molecule has 0 bridgehead atoms. The summed E-state index contributed by atoms with van der Waals surface area (Å²) in [6.45, 7) is 1.60. The molecule has 3 heterocycles. The van der Waals surface area contributed by atoms with E-state index < -0.39 is 0 Å². The predicted octanol–water partition coefficient (Wildman–Crippen LogP) is 5.82. The van der Waals surface area contributed by atoms with Gasteiger partial charge in [-0.05, 0) is 42.7 Å². The van der Waals surface area contributed by atoms with Gasteiger partial charge < -0.3 is 13.7 Å². The lowest BCUT2D eigenvalue weighted by Gasteiger charge is -2.16. The number of benzene rings is 2. The predicted molar refractivity (Wildman–Crippen MR) is 118 cm³/mol. The van der Waals surface area contributed by atoms with Crippen molar-refractivity contribution in [2.75, 3.05) is 6.61 Å². The Hall–Kier alpha value is -2.90. The maximum atomic E-state index is 13.2. The maximum Gasteiger partial charge on any atom is 0.205 e. The van der Waals surface area contributed by atoms with E-state index in [1.807, 2.05) is 24.4 Å². The van der Waals surface area contributed by atoms with E-state index >= 15 is 0 Å². The third-order valence-electron chi connectivity index (χ3n) is 5.31. The molecule has 0 amide bonds. The molecule has 1 aliphatic rings. The number of aromatic nitrogens is 3. The number of thioether (sulfide) groups is 1. The van der Waals surface area contributed by atoms with Gasteiger partial charge in [-0.25, -0.2) is 14.4 Å². The van der Waals surface area contributed by atoms with Crippen molar-refractivity contribution >= 4 is 11.8 Å². The topological polar surface area (TPSA) is 53.1 Å². The monoisotopic (exact) mass is 435 g/mol. The van der Waals surface area contributed by atoms with Gasteiger partial charge in [0, 0.05) is 12.2 Å². The van der Waals surface area contributed by atoms with E-state index in [2.05, 4.69) is 26.7 Å². The maximum absolute atomic E-state index is 13.2. The molecular weight excluding hydrogens is 413 g/mol. The van der Waals surface area contributed by atoms with Crippen molar-refractivity contribution in [2.45, 2.75) is 36.4 Å². The smallest absolute Gasteiger partial charge is 0.205 e. The lowest BCUT2D eigenvalue weighted by atomic mass is 10.1. The van der Waals surface area contributed by atoms with Gasteiger partial charge in [-0.15, -0.1) is 0 Å². The molecule has 4 aromatic rings. The molecule has 0 saturated carbocycles. The van der Waals surface area contributed by atoms with Crippen molar-refractivity contribution in [3.05, 3.63) is 78.7 Å². The average molecular weight is 436 g/mol. The van der Waals surface area contributed by atoms with Gasteiger partial charge >= 0.3 is 0 Å². The first-order chi connectivity index (χ1) is 15.3. The molecule has 2 aromatic heterocycles. The molecule has 1 unspecified atom stereocenters. The third-order valence-corrected chi connectivity index (χ3v) is 6.28. The van der Waals surface area contributed by atoms with Gasteiger partial charge in [0.2, 0.25) is 5.89 Å². The van der Waals surface area contributed by atoms with E-state index in [0.29, 0.717) is 17.4 Å². The highest BCUT2D eigenvalue weighted by Gasteiger charge is 2.21. The summed E-state index contributed by atoms with van der Waals surface area (Å²) < 4.78 is 27.2. The number of oxazole rings is 1. The first-order valence-electron chi connectivity index (χ1n) is 10.3. The zero-order valence-corrected chi connectivity index (χ0v) is 17.7. The minimum Gasteiger partial charge on any atom is -0.440 e. The van der Waals surface area contributed by atoms with Crippen molar-refractivity contribution in [3.8, 4) is 22.6 Å². The number of imidazole rings is 1. The van der Waals surface area contributed by atoms with Crippen molar-refractivity contribution in [3.63, 3.8) is 0 Å². The summed E-state index contributed by atoms with van der Waals surface area (Å²) in [5.74, 6) is 1.52.